The molecule has 0 aromatic heterocycles. The van der Waals surface area contributed by atoms with Gasteiger partial charge in [0.1, 0.15) is 12.1 Å². The third kappa shape index (κ3) is 6.31. The van der Waals surface area contributed by atoms with Gasteiger partial charge >= 0.3 is 0 Å². The minimum Gasteiger partial charge on any atom is -0.368 e. The van der Waals surface area contributed by atoms with E-state index in [9.17, 15) is 26.4 Å². The number of nitrogens with two attached hydrogens (primary N) is 1. The van der Waals surface area contributed by atoms with Crippen molar-refractivity contribution in [2.45, 2.75) is 55.5 Å². The standard InChI is InChI=1S/C21H32N4O6S2/c1-32(28,29)24-12-13-25(33(30,31)17-10-6-3-7-11-17)19(15-24)21(27)23-18(20(22)26)14-16-8-4-2-5-9-16/h3,6-7,10-11,16,18-19H,2,4-5,8-9,12-15H2,1H3,(H2,22,26)(H,23,27)/t18-,19+/m0/s1. The number of carbonyl (C=O) groups excluding carboxylic acids is 2. The van der Waals surface area contributed by atoms with Crippen LogP contribution in [-0.2, 0) is 29.6 Å². The van der Waals surface area contributed by atoms with E-state index in [0.717, 1.165) is 47.0 Å². The molecular formula is C21H32N4O6S2. The van der Waals surface area contributed by atoms with Crippen molar-refractivity contribution in [1.29, 1.82) is 0 Å². The number of hydrogen-bond acceptors (Lipinski definition) is 6. The van der Waals surface area contributed by atoms with Gasteiger partial charge in [-0.15, -0.1) is 0 Å². The summed E-state index contributed by atoms with van der Waals surface area (Å²) in [4.78, 5) is 25.4. The molecule has 1 aliphatic heterocycles. The number of nitrogens with one attached hydrogen (secondary N) is 1. The molecule has 0 spiro atoms. The van der Waals surface area contributed by atoms with Crippen LogP contribution in [0.15, 0.2) is 35.2 Å². The van der Waals surface area contributed by atoms with Gasteiger partial charge in [0, 0.05) is 19.6 Å². The van der Waals surface area contributed by atoms with E-state index in [-0.39, 0.29) is 30.4 Å². The Labute approximate surface area is 195 Å². The maximum absolute atomic E-state index is 13.3. The van der Waals surface area contributed by atoms with E-state index in [0.29, 0.717) is 6.42 Å². The van der Waals surface area contributed by atoms with Crippen LogP contribution in [0, 0.1) is 5.92 Å². The smallest absolute Gasteiger partial charge is 0.243 e. The first-order chi connectivity index (χ1) is 15.5. The Morgan fingerprint density at radius 1 is 1.06 bits per heavy atom. The summed E-state index contributed by atoms with van der Waals surface area (Å²) >= 11 is 0. The second-order valence-corrected chi connectivity index (χ2v) is 12.6. The molecule has 1 saturated carbocycles. The minimum absolute atomic E-state index is 0.00395. The maximum Gasteiger partial charge on any atom is 0.243 e. The number of piperazine rings is 1. The SMILES string of the molecule is CS(=O)(=O)N1CCN(S(=O)(=O)c2ccccc2)[C@@H](C(=O)N[C@@H](CC2CCCCC2)C(N)=O)C1. The topological polar surface area (TPSA) is 147 Å². The van der Waals surface area contributed by atoms with Gasteiger partial charge in [-0.25, -0.2) is 16.8 Å². The van der Waals surface area contributed by atoms with Crippen molar-refractivity contribution in [2.75, 3.05) is 25.9 Å². The van der Waals surface area contributed by atoms with Gasteiger partial charge in [-0.1, -0.05) is 50.3 Å². The van der Waals surface area contributed by atoms with Gasteiger partial charge in [0.05, 0.1) is 11.2 Å². The van der Waals surface area contributed by atoms with Gasteiger partial charge in [-0.05, 0) is 24.5 Å². The first-order valence-corrected chi connectivity index (χ1v) is 14.4. The average molecular weight is 501 g/mol. The summed E-state index contributed by atoms with van der Waals surface area (Å²) in [6.45, 7) is -0.603. The lowest BCUT2D eigenvalue weighted by atomic mass is 9.84. The van der Waals surface area contributed by atoms with E-state index in [4.69, 9.17) is 5.73 Å². The molecule has 10 nitrogen and oxygen atoms in total. The van der Waals surface area contributed by atoms with Crippen LogP contribution in [0.5, 0.6) is 0 Å². The largest absolute Gasteiger partial charge is 0.368 e. The van der Waals surface area contributed by atoms with Gasteiger partial charge in [0.15, 0.2) is 0 Å². The highest BCUT2D eigenvalue weighted by molar-refractivity contribution is 7.89. The van der Waals surface area contributed by atoms with Crippen molar-refractivity contribution in [1.82, 2.24) is 13.9 Å². The molecule has 1 aliphatic carbocycles. The predicted octanol–water partition coefficient (Wildman–Crippen LogP) is 0.262. The summed E-state index contributed by atoms with van der Waals surface area (Å²) in [5.74, 6) is -1.18. The average Bonchev–Trinajstić information content (AvgIpc) is 2.78. The van der Waals surface area contributed by atoms with Crippen molar-refractivity contribution in [3.63, 3.8) is 0 Å². The Morgan fingerprint density at radius 3 is 2.27 bits per heavy atom. The highest BCUT2D eigenvalue weighted by atomic mass is 32.2. The molecule has 1 aromatic carbocycles. The Bertz CT molecular complexity index is 1060. The highest BCUT2D eigenvalue weighted by Gasteiger charge is 2.43. The molecule has 2 atom stereocenters. The highest BCUT2D eigenvalue weighted by Crippen LogP contribution is 2.28. The molecule has 0 radical (unpaired) electrons. The monoisotopic (exact) mass is 500 g/mol. The van der Waals surface area contributed by atoms with Crippen LogP contribution < -0.4 is 11.1 Å². The summed E-state index contributed by atoms with van der Waals surface area (Å²) < 4.78 is 52.9. The molecule has 1 heterocycles. The zero-order chi connectivity index (χ0) is 24.2. The van der Waals surface area contributed by atoms with Gasteiger partial charge in [0.25, 0.3) is 0 Å². The second kappa shape index (κ2) is 10.5. The summed E-state index contributed by atoms with van der Waals surface area (Å²) in [5.41, 5.74) is 5.55. The molecule has 184 valence electrons. The molecule has 0 unspecified atom stereocenters. The molecule has 0 bridgehead atoms. The predicted molar refractivity (Wildman–Crippen MR) is 123 cm³/mol. The number of nitrogens with zero attached hydrogens (tertiary/aromatic N) is 2. The van der Waals surface area contributed by atoms with E-state index in [1.165, 1.54) is 12.1 Å². The van der Waals surface area contributed by atoms with Crippen LogP contribution in [0.1, 0.15) is 38.5 Å². The molecular weight excluding hydrogens is 468 g/mol. The van der Waals surface area contributed by atoms with E-state index < -0.39 is 43.9 Å². The van der Waals surface area contributed by atoms with E-state index in [1.54, 1.807) is 18.2 Å². The van der Waals surface area contributed by atoms with Crippen LogP contribution in [-0.4, -0.2) is 75.2 Å². The van der Waals surface area contributed by atoms with Crippen molar-refractivity contribution in [2.24, 2.45) is 11.7 Å². The molecule has 2 aliphatic rings. The van der Waals surface area contributed by atoms with Crippen molar-refractivity contribution in [3.8, 4) is 0 Å². The Kier molecular flexibility index (Phi) is 8.14. The number of rotatable bonds is 8. The second-order valence-electron chi connectivity index (χ2n) is 8.77. The van der Waals surface area contributed by atoms with Crippen LogP contribution >= 0.6 is 0 Å². The lowest BCUT2D eigenvalue weighted by Gasteiger charge is -2.39. The van der Waals surface area contributed by atoms with Gasteiger partial charge in [-0.2, -0.15) is 8.61 Å². The summed E-state index contributed by atoms with van der Waals surface area (Å²) in [6, 6.07) is 5.38. The zero-order valence-electron chi connectivity index (χ0n) is 18.7. The molecule has 1 aromatic rings. The van der Waals surface area contributed by atoms with E-state index >= 15 is 0 Å². The van der Waals surface area contributed by atoms with Crippen LogP contribution in [0.4, 0.5) is 0 Å². The van der Waals surface area contributed by atoms with Crippen LogP contribution in [0.3, 0.4) is 0 Å². The summed E-state index contributed by atoms with van der Waals surface area (Å²) in [7, 11) is -7.73. The lowest BCUT2D eigenvalue weighted by Crippen LogP contribution is -2.62. The zero-order valence-corrected chi connectivity index (χ0v) is 20.4. The van der Waals surface area contributed by atoms with Crippen LogP contribution in [0.2, 0.25) is 0 Å². The fourth-order valence-corrected chi connectivity index (χ4v) is 6.96. The van der Waals surface area contributed by atoms with Gasteiger partial charge < -0.3 is 11.1 Å². The molecule has 1 saturated heterocycles. The van der Waals surface area contributed by atoms with Crippen LogP contribution in [0.25, 0.3) is 0 Å². The summed E-state index contributed by atoms with van der Waals surface area (Å²) in [6.07, 6.45) is 6.53. The Balaban J connectivity index is 1.85. The number of primary amides is 1. The summed E-state index contributed by atoms with van der Waals surface area (Å²) in [5, 5.41) is 2.62. The van der Waals surface area contributed by atoms with E-state index in [1.807, 2.05) is 0 Å². The fourth-order valence-electron chi connectivity index (χ4n) is 4.54. The molecule has 3 rings (SSSR count). The van der Waals surface area contributed by atoms with Crippen molar-refractivity contribution in [3.05, 3.63) is 30.3 Å². The number of carbonyl (C=O) groups is 2. The minimum atomic E-state index is -4.07. The first kappa shape index (κ1) is 25.6. The van der Waals surface area contributed by atoms with E-state index in [2.05, 4.69) is 5.32 Å². The van der Waals surface area contributed by atoms with Gasteiger partial charge in [-0.3, -0.25) is 9.59 Å². The fraction of sp³-hybridized carbons (Fsp3) is 0.619. The molecule has 33 heavy (non-hydrogen) atoms. The van der Waals surface area contributed by atoms with Crippen molar-refractivity contribution < 1.29 is 26.4 Å². The normalized spacial score (nSPS) is 22.5. The quantitative estimate of drug-likeness (QED) is 0.523. The van der Waals surface area contributed by atoms with Crippen molar-refractivity contribution >= 4 is 31.9 Å². The first-order valence-electron chi connectivity index (χ1n) is 11.1. The maximum atomic E-state index is 13.3. The molecule has 2 amide bonds. The molecule has 12 heteroatoms. The third-order valence-corrected chi connectivity index (χ3v) is 9.56. The third-order valence-electron chi connectivity index (χ3n) is 6.37. The lowest BCUT2D eigenvalue weighted by molar-refractivity contribution is -0.131. The Hall–Kier alpha value is -2.02. The molecule has 2 fully saturated rings. The molecule has 3 N–H and O–H groups in total. The van der Waals surface area contributed by atoms with Gasteiger partial charge in [0.2, 0.25) is 31.9 Å². The number of sulfonamides is 2. The number of amides is 2. The number of benzene rings is 1. The Morgan fingerprint density at radius 2 is 1.70 bits per heavy atom. The number of hydrogen-bond donors (Lipinski definition) is 2.